The van der Waals surface area contributed by atoms with Gasteiger partial charge in [-0.05, 0) is 43.0 Å². The number of halogens is 4. The number of fused-ring (bicyclic) bond motifs is 1. The van der Waals surface area contributed by atoms with Gasteiger partial charge in [0.2, 0.25) is 5.95 Å². The number of alkyl halides is 3. The Labute approximate surface area is 182 Å². The zero-order valence-electron chi connectivity index (χ0n) is 17.7. The number of aliphatic hydroxyl groups is 1. The number of aromatic nitrogens is 2. The Balaban J connectivity index is 1.70. The first-order valence-corrected chi connectivity index (χ1v) is 10.3. The van der Waals surface area contributed by atoms with E-state index < -0.39 is 29.6 Å². The van der Waals surface area contributed by atoms with Crippen molar-refractivity contribution >= 4 is 12.0 Å². The third-order valence-corrected chi connectivity index (χ3v) is 5.29. The largest absolute Gasteiger partial charge is 0.419 e. The molecular weight excluding hydrogens is 430 g/mol. The number of anilines is 1. The molecule has 0 spiro atoms. The second kappa shape index (κ2) is 9.68. The van der Waals surface area contributed by atoms with Crippen molar-refractivity contribution < 1.29 is 27.5 Å². The first kappa shape index (κ1) is 23.7. The Morgan fingerprint density at radius 2 is 2.09 bits per heavy atom. The van der Waals surface area contributed by atoms with Crippen molar-refractivity contribution in [3.05, 3.63) is 52.6 Å². The highest BCUT2D eigenvalue weighted by Gasteiger charge is 2.34. The zero-order chi connectivity index (χ0) is 23.5. The molecule has 2 aromatic rings. The number of aliphatic hydroxyl groups excluding tert-OH is 1. The fourth-order valence-corrected chi connectivity index (χ4v) is 3.45. The number of carbonyl (C=O) groups is 1. The van der Waals surface area contributed by atoms with Gasteiger partial charge in [-0.3, -0.25) is 0 Å². The van der Waals surface area contributed by atoms with Crippen LogP contribution in [0.1, 0.15) is 48.7 Å². The topological polar surface area (TPSA) is 90.4 Å². The predicted molar refractivity (Wildman–Crippen MR) is 109 cm³/mol. The molecule has 2 amide bonds. The molecule has 3 N–H and O–H groups in total. The molecule has 174 valence electrons. The summed E-state index contributed by atoms with van der Waals surface area (Å²) in [5, 5.41) is 14.9. The standard InChI is InChI=1S/C21H25F4N5O2/c1-3-17(13-4-5-15(16(22)8-13)21(23,24)25)29-20(32)30-7-6-14-9-26-19(27-12(2)11-31)28-18(14)10-30/h4-5,8-9,12,17,31H,3,6-7,10-11H2,1-2H3,(H,29,32)(H,26,27,28). The van der Waals surface area contributed by atoms with E-state index in [0.717, 1.165) is 11.6 Å². The van der Waals surface area contributed by atoms with Crippen molar-refractivity contribution in [3.8, 4) is 0 Å². The SMILES string of the molecule is CCC(NC(=O)N1CCc2cnc(NC(C)CO)nc2C1)c1ccc(C(F)(F)F)c(F)c1. The molecule has 0 fully saturated rings. The average Bonchev–Trinajstić information content (AvgIpc) is 2.75. The monoisotopic (exact) mass is 455 g/mol. The lowest BCUT2D eigenvalue weighted by atomic mass is 10.0. The van der Waals surface area contributed by atoms with Crippen molar-refractivity contribution in [2.24, 2.45) is 0 Å². The van der Waals surface area contributed by atoms with Gasteiger partial charge >= 0.3 is 12.2 Å². The van der Waals surface area contributed by atoms with E-state index in [2.05, 4.69) is 20.6 Å². The summed E-state index contributed by atoms with van der Waals surface area (Å²) in [6, 6.07) is 1.39. The van der Waals surface area contributed by atoms with Gasteiger partial charge in [-0.25, -0.2) is 19.2 Å². The van der Waals surface area contributed by atoms with Crippen LogP contribution >= 0.6 is 0 Å². The first-order valence-electron chi connectivity index (χ1n) is 10.3. The fourth-order valence-electron chi connectivity index (χ4n) is 3.45. The Morgan fingerprint density at radius 1 is 1.34 bits per heavy atom. The van der Waals surface area contributed by atoms with Crippen molar-refractivity contribution in [1.29, 1.82) is 0 Å². The molecule has 2 heterocycles. The highest BCUT2D eigenvalue weighted by atomic mass is 19.4. The van der Waals surface area contributed by atoms with Gasteiger partial charge in [-0.2, -0.15) is 13.2 Å². The summed E-state index contributed by atoms with van der Waals surface area (Å²) in [6.45, 7) is 4.08. The van der Waals surface area contributed by atoms with Crippen molar-refractivity contribution in [2.45, 2.75) is 51.5 Å². The minimum absolute atomic E-state index is 0.0854. The van der Waals surface area contributed by atoms with Crippen LogP contribution in [0, 0.1) is 5.82 Å². The van der Waals surface area contributed by atoms with Gasteiger partial charge in [0, 0.05) is 18.8 Å². The van der Waals surface area contributed by atoms with Gasteiger partial charge < -0.3 is 20.6 Å². The van der Waals surface area contributed by atoms with Crippen molar-refractivity contribution in [3.63, 3.8) is 0 Å². The number of amides is 2. The second-order valence-electron chi connectivity index (χ2n) is 7.71. The third-order valence-electron chi connectivity index (χ3n) is 5.29. The number of urea groups is 1. The van der Waals surface area contributed by atoms with Gasteiger partial charge in [0.15, 0.2) is 0 Å². The number of nitrogens with one attached hydrogen (secondary N) is 2. The molecule has 1 aromatic carbocycles. The summed E-state index contributed by atoms with van der Waals surface area (Å²) < 4.78 is 52.4. The van der Waals surface area contributed by atoms with Crippen LogP contribution in [0.25, 0.3) is 0 Å². The van der Waals surface area contributed by atoms with E-state index in [1.165, 1.54) is 11.0 Å². The molecule has 0 radical (unpaired) electrons. The minimum atomic E-state index is -4.78. The molecule has 0 saturated carbocycles. The maximum atomic E-state index is 14.0. The van der Waals surface area contributed by atoms with Gasteiger partial charge in [-0.1, -0.05) is 13.0 Å². The molecule has 11 heteroatoms. The minimum Gasteiger partial charge on any atom is -0.394 e. The van der Waals surface area contributed by atoms with Crippen molar-refractivity contribution in [1.82, 2.24) is 20.2 Å². The van der Waals surface area contributed by atoms with Crippen LogP contribution < -0.4 is 10.6 Å². The van der Waals surface area contributed by atoms with E-state index in [1.807, 2.05) is 0 Å². The lowest BCUT2D eigenvalue weighted by Gasteiger charge is -2.30. The van der Waals surface area contributed by atoms with Crippen LogP contribution in [0.2, 0.25) is 0 Å². The third kappa shape index (κ3) is 5.45. The van der Waals surface area contributed by atoms with Crippen LogP contribution in [0.15, 0.2) is 24.4 Å². The van der Waals surface area contributed by atoms with E-state index in [1.54, 1.807) is 20.0 Å². The molecule has 0 bridgehead atoms. The lowest BCUT2D eigenvalue weighted by molar-refractivity contribution is -0.140. The van der Waals surface area contributed by atoms with Gasteiger partial charge in [0.05, 0.1) is 30.5 Å². The van der Waals surface area contributed by atoms with E-state index in [4.69, 9.17) is 5.11 Å². The molecule has 2 unspecified atom stereocenters. The number of carbonyl (C=O) groups excluding carboxylic acids is 1. The molecule has 2 atom stereocenters. The molecule has 1 aliphatic heterocycles. The Bertz CT molecular complexity index is 970. The van der Waals surface area contributed by atoms with Crippen LogP contribution in [0.3, 0.4) is 0 Å². The van der Waals surface area contributed by atoms with Gasteiger partial charge in [0.1, 0.15) is 5.82 Å². The summed E-state index contributed by atoms with van der Waals surface area (Å²) in [4.78, 5) is 23.0. The van der Waals surface area contributed by atoms with Gasteiger partial charge in [-0.15, -0.1) is 0 Å². The van der Waals surface area contributed by atoms with Crippen molar-refractivity contribution in [2.75, 3.05) is 18.5 Å². The Morgan fingerprint density at radius 3 is 2.72 bits per heavy atom. The fraction of sp³-hybridized carbons (Fsp3) is 0.476. The van der Waals surface area contributed by atoms with E-state index in [9.17, 15) is 22.4 Å². The molecule has 1 aromatic heterocycles. The predicted octanol–water partition coefficient (Wildman–Crippen LogP) is 3.65. The van der Waals surface area contributed by atoms with Gasteiger partial charge in [0.25, 0.3) is 0 Å². The highest BCUT2D eigenvalue weighted by molar-refractivity contribution is 5.75. The smallest absolute Gasteiger partial charge is 0.394 e. The first-order chi connectivity index (χ1) is 15.1. The number of rotatable bonds is 6. The molecule has 0 saturated heterocycles. The van der Waals surface area contributed by atoms with Crippen LogP contribution in [0.5, 0.6) is 0 Å². The molecule has 3 rings (SSSR count). The molecular formula is C21H25F4N5O2. The summed E-state index contributed by atoms with van der Waals surface area (Å²) in [5.74, 6) is -1.03. The maximum Gasteiger partial charge on any atom is 0.419 e. The normalized spacial score (nSPS) is 15.7. The van der Waals surface area contributed by atoms with E-state index >= 15 is 0 Å². The number of hydrogen-bond donors (Lipinski definition) is 3. The zero-order valence-corrected chi connectivity index (χ0v) is 17.7. The summed E-state index contributed by atoms with van der Waals surface area (Å²) in [7, 11) is 0. The van der Waals surface area contributed by atoms with Crippen LogP contribution in [-0.2, 0) is 19.1 Å². The Kier molecular flexibility index (Phi) is 7.17. The van der Waals surface area contributed by atoms with E-state index in [0.29, 0.717) is 37.1 Å². The lowest BCUT2D eigenvalue weighted by Crippen LogP contribution is -2.44. The number of nitrogens with zero attached hydrogens (tertiary/aromatic N) is 3. The van der Waals surface area contributed by atoms with Crippen LogP contribution in [0.4, 0.5) is 28.3 Å². The molecule has 1 aliphatic rings. The maximum absolute atomic E-state index is 14.0. The van der Waals surface area contributed by atoms with Crippen LogP contribution in [-0.4, -0.2) is 45.2 Å². The summed E-state index contributed by atoms with van der Waals surface area (Å²) in [6.07, 6.45) is -2.18. The molecule has 32 heavy (non-hydrogen) atoms. The number of benzene rings is 1. The molecule has 0 aliphatic carbocycles. The quantitative estimate of drug-likeness (QED) is 0.579. The highest BCUT2D eigenvalue weighted by Crippen LogP contribution is 2.33. The average molecular weight is 455 g/mol. The summed E-state index contributed by atoms with van der Waals surface area (Å²) >= 11 is 0. The molecule has 7 nitrogen and oxygen atoms in total. The Hall–Kier alpha value is -2.95. The second-order valence-corrected chi connectivity index (χ2v) is 7.71. The number of hydrogen-bond acceptors (Lipinski definition) is 5. The van der Waals surface area contributed by atoms with E-state index in [-0.39, 0.29) is 24.8 Å². The summed E-state index contributed by atoms with van der Waals surface area (Å²) in [5.41, 5.74) is 0.501.